The highest BCUT2D eigenvalue weighted by Gasteiger charge is 2.60. The van der Waals surface area contributed by atoms with Crippen molar-refractivity contribution in [3.05, 3.63) is 65.2 Å². The number of hydrogen-bond acceptors (Lipinski definition) is 7. The zero-order valence-electron chi connectivity index (χ0n) is 18.1. The molecule has 0 radical (unpaired) electrons. The summed E-state index contributed by atoms with van der Waals surface area (Å²) in [6.07, 6.45) is 0. The van der Waals surface area contributed by atoms with Gasteiger partial charge in [-0.25, -0.2) is 0 Å². The van der Waals surface area contributed by atoms with Crippen LogP contribution in [-0.4, -0.2) is 64.3 Å². The molecule has 0 aromatic heterocycles. The van der Waals surface area contributed by atoms with Gasteiger partial charge in [-0.3, -0.25) is 24.1 Å². The second kappa shape index (κ2) is 7.91. The molecule has 2 unspecified atom stereocenters. The molecular weight excluding hydrogens is 444 g/mol. The van der Waals surface area contributed by atoms with Crippen LogP contribution in [0.1, 0.15) is 33.2 Å². The van der Waals surface area contributed by atoms with Gasteiger partial charge in [0.05, 0.1) is 23.7 Å². The average Bonchev–Trinajstić information content (AvgIpc) is 3.08. The van der Waals surface area contributed by atoms with Crippen LogP contribution in [0.2, 0.25) is 0 Å². The third-order valence-electron chi connectivity index (χ3n) is 6.33. The minimum Gasteiger partial charge on any atom is -0.497 e. The number of esters is 1. The van der Waals surface area contributed by atoms with Gasteiger partial charge < -0.3 is 14.4 Å². The fraction of sp³-hybridized carbons (Fsp3) is 0.333. The molecular formula is C24H22N2O6S. The number of fused-ring (bicyclic) bond motifs is 2. The first kappa shape index (κ1) is 21.5. The number of carbonyl (C=O) groups excluding carboxylic acids is 4. The number of benzene rings is 2. The Kier molecular flexibility index (Phi) is 5.16. The SMILES string of the molecule is COc1ccc(COC(=O)C2(C)CS[C@@H]3C(N4C(=O)c5ccccc5C4=O)C(=O)N3C2)cc1. The standard InChI is InChI=1S/C24H22N2O6S/c1-24(23(30)32-11-14-7-9-15(31-2)10-8-14)12-25-21(29)18(22(25)33-13-24)26-19(27)16-5-3-4-6-17(16)20(26)28/h3-10,18,22H,11-13H2,1-2H3/t18?,22-,24?/m1/s1. The van der Waals surface area contributed by atoms with Crippen molar-refractivity contribution in [1.29, 1.82) is 0 Å². The molecule has 2 aromatic carbocycles. The van der Waals surface area contributed by atoms with Crippen molar-refractivity contribution in [2.45, 2.75) is 24.9 Å². The van der Waals surface area contributed by atoms with Gasteiger partial charge in [-0.05, 0) is 36.8 Å². The van der Waals surface area contributed by atoms with Gasteiger partial charge in [0.1, 0.15) is 23.8 Å². The Hall–Kier alpha value is -3.33. The van der Waals surface area contributed by atoms with Gasteiger partial charge in [-0.2, -0.15) is 0 Å². The van der Waals surface area contributed by atoms with Crippen LogP contribution in [0, 0.1) is 5.41 Å². The molecule has 0 aliphatic carbocycles. The number of imide groups is 1. The Morgan fingerprint density at radius 3 is 2.30 bits per heavy atom. The predicted molar refractivity (Wildman–Crippen MR) is 120 cm³/mol. The molecule has 170 valence electrons. The van der Waals surface area contributed by atoms with E-state index in [1.54, 1.807) is 55.3 Å². The maximum absolute atomic E-state index is 13.0. The monoisotopic (exact) mass is 466 g/mol. The van der Waals surface area contributed by atoms with E-state index in [4.69, 9.17) is 9.47 Å². The summed E-state index contributed by atoms with van der Waals surface area (Å²) < 4.78 is 10.7. The predicted octanol–water partition coefficient (Wildman–Crippen LogP) is 2.32. The minimum atomic E-state index is -0.879. The fourth-order valence-electron chi connectivity index (χ4n) is 4.41. The Morgan fingerprint density at radius 2 is 1.70 bits per heavy atom. The van der Waals surface area contributed by atoms with E-state index >= 15 is 0 Å². The van der Waals surface area contributed by atoms with Gasteiger partial charge in [0.2, 0.25) is 5.91 Å². The first-order chi connectivity index (χ1) is 15.8. The van der Waals surface area contributed by atoms with E-state index in [0.717, 1.165) is 16.2 Å². The Balaban J connectivity index is 1.24. The van der Waals surface area contributed by atoms with Crippen LogP contribution in [0.5, 0.6) is 5.75 Å². The molecule has 2 saturated heterocycles. The summed E-state index contributed by atoms with van der Waals surface area (Å²) in [6, 6.07) is 13.0. The molecule has 3 atom stereocenters. The second-order valence-corrected chi connectivity index (χ2v) is 9.73. The normalized spacial score (nSPS) is 25.9. The van der Waals surface area contributed by atoms with E-state index in [1.807, 2.05) is 12.1 Å². The fourth-order valence-corrected chi connectivity index (χ4v) is 5.94. The molecule has 5 rings (SSSR count). The molecule has 8 nitrogen and oxygen atoms in total. The van der Waals surface area contributed by atoms with E-state index in [-0.39, 0.29) is 30.4 Å². The highest BCUT2D eigenvalue weighted by atomic mass is 32.2. The summed E-state index contributed by atoms with van der Waals surface area (Å²) in [5.41, 5.74) is 0.596. The van der Waals surface area contributed by atoms with Crippen LogP contribution >= 0.6 is 11.8 Å². The lowest BCUT2D eigenvalue weighted by molar-refractivity contribution is -0.163. The molecule has 3 heterocycles. The van der Waals surface area contributed by atoms with Gasteiger partial charge >= 0.3 is 5.97 Å². The number of thioether (sulfide) groups is 1. The lowest BCUT2D eigenvalue weighted by Crippen LogP contribution is -2.74. The number of rotatable bonds is 5. The van der Waals surface area contributed by atoms with E-state index in [9.17, 15) is 19.2 Å². The van der Waals surface area contributed by atoms with Gasteiger partial charge in [0.25, 0.3) is 11.8 Å². The number of carbonyl (C=O) groups is 4. The maximum Gasteiger partial charge on any atom is 0.314 e. The number of ether oxygens (including phenoxy) is 2. The molecule has 2 fully saturated rings. The molecule has 9 heteroatoms. The minimum absolute atomic E-state index is 0.123. The van der Waals surface area contributed by atoms with Crippen molar-refractivity contribution >= 4 is 35.5 Å². The van der Waals surface area contributed by atoms with Gasteiger partial charge in [0, 0.05) is 12.3 Å². The van der Waals surface area contributed by atoms with E-state index in [0.29, 0.717) is 16.9 Å². The largest absolute Gasteiger partial charge is 0.497 e. The van der Waals surface area contributed by atoms with Crippen molar-refractivity contribution < 1.29 is 28.7 Å². The van der Waals surface area contributed by atoms with Crippen molar-refractivity contribution in [2.75, 3.05) is 19.4 Å². The van der Waals surface area contributed by atoms with Crippen molar-refractivity contribution in [3.8, 4) is 5.75 Å². The van der Waals surface area contributed by atoms with Crippen LogP contribution in [-0.2, 0) is 20.9 Å². The summed E-state index contributed by atoms with van der Waals surface area (Å²) in [7, 11) is 1.58. The Morgan fingerprint density at radius 1 is 1.06 bits per heavy atom. The lowest BCUT2D eigenvalue weighted by Gasteiger charge is -2.54. The number of amides is 3. The van der Waals surface area contributed by atoms with Crippen LogP contribution < -0.4 is 4.74 Å². The molecule has 3 aliphatic rings. The molecule has 0 bridgehead atoms. The van der Waals surface area contributed by atoms with Gasteiger partial charge in [-0.1, -0.05) is 24.3 Å². The van der Waals surface area contributed by atoms with Crippen LogP contribution in [0.3, 0.4) is 0 Å². The molecule has 0 spiro atoms. The molecule has 2 aromatic rings. The highest BCUT2D eigenvalue weighted by molar-refractivity contribution is 8.00. The maximum atomic E-state index is 13.0. The van der Waals surface area contributed by atoms with E-state index in [1.165, 1.54) is 11.8 Å². The summed E-state index contributed by atoms with van der Waals surface area (Å²) >= 11 is 1.40. The smallest absolute Gasteiger partial charge is 0.314 e. The number of methoxy groups -OCH3 is 1. The van der Waals surface area contributed by atoms with Crippen LogP contribution in [0.15, 0.2) is 48.5 Å². The van der Waals surface area contributed by atoms with Gasteiger partial charge in [0.15, 0.2) is 0 Å². The van der Waals surface area contributed by atoms with E-state index in [2.05, 4.69) is 0 Å². The first-order valence-electron chi connectivity index (χ1n) is 10.5. The summed E-state index contributed by atoms with van der Waals surface area (Å²) in [4.78, 5) is 54.1. The Bertz CT molecular complexity index is 1130. The zero-order chi connectivity index (χ0) is 23.3. The van der Waals surface area contributed by atoms with Crippen molar-refractivity contribution in [2.24, 2.45) is 5.41 Å². The highest BCUT2D eigenvalue weighted by Crippen LogP contribution is 2.45. The summed E-state index contributed by atoms with van der Waals surface area (Å²) in [6.45, 7) is 2.08. The number of nitrogens with zero attached hydrogens (tertiary/aromatic N) is 2. The van der Waals surface area contributed by atoms with Gasteiger partial charge in [-0.15, -0.1) is 11.8 Å². The lowest BCUT2D eigenvalue weighted by atomic mass is 9.89. The number of β-lactam (4-membered cyclic amide) rings is 1. The summed E-state index contributed by atoms with van der Waals surface area (Å²) in [5, 5.41) is -0.359. The van der Waals surface area contributed by atoms with Crippen LogP contribution in [0.25, 0.3) is 0 Å². The molecule has 33 heavy (non-hydrogen) atoms. The number of hydrogen-bond donors (Lipinski definition) is 0. The third-order valence-corrected chi connectivity index (χ3v) is 7.99. The van der Waals surface area contributed by atoms with Crippen molar-refractivity contribution in [3.63, 3.8) is 0 Å². The molecule has 0 N–H and O–H groups in total. The van der Waals surface area contributed by atoms with Crippen molar-refractivity contribution in [1.82, 2.24) is 9.80 Å². The van der Waals surface area contributed by atoms with Crippen LogP contribution in [0.4, 0.5) is 0 Å². The molecule has 0 saturated carbocycles. The second-order valence-electron chi connectivity index (χ2n) is 8.62. The molecule has 3 amide bonds. The van der Waals surface area contributed by atoms with E-state index < -0.39 is 23.3 Å². The zero-order valence-corrected chi connectivity index (χ0v) is 19.0. The average molecular weight is 467 g/mol. The first-order valence-corrected chi connectivity index (χ1v) is 11.6. The topological polar surface area (TPSA) is 93.2 Å². The molecule has 3 aliphatic heterocycles. The Labute approximate surface area is 194 Å². The third kappa shape index (κ3) is 3.38. The quantitative estimate of drug-likeness (QED) is 0.379. The summed E-state index contributed by atoms with van der Waals surface area (Å²) in [5.74, 6) is -0.460.